The second-order valence-electron chi connectivity index (χ2n) is 5.06. The Labute approximate surface area is 118 Å². The maximum Gasteiger partial charge on any atom is 0.344 e. The van der Waals surface area contributed by atoms with Gasteiger partial charge in [-0.2, -0.15) is 0 Å². The molecule has 1 aliphatic rings. The van der Waals surface area contributed by atoms with Crippen molar-refractivity contribution in [1.29, 1.82) is 0 Å². The van der Waals surface area contributed by atoms with Gasteiger partial charge in [0.15, 0.2) is 0 Å². The minimum atomic E-state index is -0.398. The lowest BCUT2D eigenvalue weighted by molar-refractivity contribution is -0.116. The number of anilines is 1. The number of rotatable bonds is 1. The molecule has 0 aliphatic carbocycles. The fourth-order valence-corrected chi connectivity index (χ4v) is 2.53. The molecule has 2 aromatic heterocycles. The van der Waals surface area contributed by atoms with Gasteiger partial charge in [0.2, 0.25) is 5.91 Å². The number of aromatic nitrogens is 4. The van der Waals surface area contributed by atoms with Crippen LogP contribution in [0.4, 0.5) is 5.69 Å². The van der Waals surface area contributed by atoms with Gasteiger partial charge in [0.25, 0.3) is 0 Å². The van der Waals surface area contributed by atoms with Gasteiger partial charge in [0, 0.05) is 18.1 Å². The average Bonchev–Trinajstić information content (AvgIpc) is 2.99. The average molecular weight is 281 g/mol. The molecule has 104 valence electrons. The van der Waals surface area contributed by atoms with E-state index in [0.717, 1.165) is 22.3 Å². The largest absolute Gasteiger partial charge is 0.344 e. The van der Waals surface area contributed by atoms with Gasteiger partial charge in [-0.1, -0.05) is 0 Å². The molecule has 21 heavy (non-hydrogen) atoms. The number of carbonyl (C=O) groups excluding carboxylic acids is 1. The first-order valence-corrected chi connectivity index (χ1v) is 6.51. The van der Waals surface area contributed by atoms with Crippen molar-refractivity contribution in [3.63, 3.8) is 0 Å². The summed E-state index contributed by atoms with van der Waals surface area (Å²) in [5, 5.41) is 2.84. The van der Waals surface area contributed by atoms with Gasteiger partial charge in [-0.25, -0.2) is 14.8 Å². The highest BCUT2D eigenvalue weighted by atomic mass is 16.2. The SMILES string of the molecule is CC1C(=O)Nc2cc3nc(-c4cnc(=O)[nH]c4)[nH]c3cc21. The van der Waals surface area contributed by atoms with Gasteiger partial charge >= 0.3 is 5.69 Å². The Morgan fingerprint density at radius 3 is 2.86 bits per heavy atom. The summed E-state index contributed by atoms with van der Waals surface area (Å²) in [4.78, 5) is 36.5. The van der Waals surface area contributed by atoms with Crippen LogP contribution in [0.3, 0.4) is 0 Å². The van der Waals surface area contributed by atoms with Crippen LogP contribution in [0.15, 0.2) is 29.3 Å². The van der Waals surface area contributed by atoms with Crippen LogP contribution < -0.4 is 11.0 Å². The molecule has 1 aromatic carbocycles. The molecule has 1 amide bonds. The molecule has 0 fully saturated rings. The minimum absolute atomic E-state index is 0.00251. The van der Waals surface area contributed by atoms with E-state index in [1.807, 2.05) is 19.1 Å². The molecule has 0 spiro atoms. The zero-order valence-electron chi connectivity index (χ0n) is 11.1. The minimum Gasteiger partial charge on any atom is -0.338 e. The van der Waals surface area contributed by atoms with Crippen LogP contribution in [0.1, 0.15) is 18.4 Å². The van der Waals surface area contributed by atoms with Crippen LogP contribution in [-0.4, -0.2) is 25.8 Å². The van der Waals surface area contributed by atoms with Crippen molar-refractivity contribution in [2.75, 3.05) is 5.32 Å². The summed E-state index contributed by atoms with van der Waals surface area (Å²) in [6.45, 7) is 1.87. The summed E-state index contributed by atoms with van der Waals surface area (Å²) < 4.78 is 0. The highest BCUT2D eigenvalue weighted by Gasteiger charge is 2.27. The molecule has 1 unspecified atom stereocenters. The number of hydrogen-bond acceptors (Lipinski definition) is 4. The normalized spacial score (nSPS) is 17.0. The summed E-state index contributed by atoms with van der Waals surface area (Å²) in [5.74, 6) is 0.463. The molecule has 0 saturated heterocycles. The Balaban J connectivity index is 1.87. The molecule has 0 radical (unpaired) electrons. The fourth-order valence-electron chi connectivity index (χ4n) is 2.53. The van der Waals surface area contributed by atoms with E-state index < -0.39 is 5.69 Å². The second kappa shape index (κ2) is 4.02. The van der Waals surface area contributed by atoms with Gasteiger partial charge in [0.1, 0.15) is 5.82 Å². The molecule has 4 rings (SSSR count). The van der Waals surface area contributed by atoms with Gasteiger partial charge in [-0.15, -0.1) is 0 Å². The van der Waals surface area contributed by atoms with Gasteiger partial charge in [-0.3, -0.25) is 4.79 Å². The fraction of sp³-hybridized carbons (Fsp3) is 0.143. The monoisotopic (exact) mass is 281 g/mol. The Morgan fingerprint density at radius 1 is 1.24 bits per heavy atom. The lowest BCUT2D eigenvalue weighted by Crippen LogP contribution is -2.08. The van der Waals surface area contributed by atoms with Crippen LogP contribution >= 0.6 is 0 Å². The lowest BCUT2D eigenvalue weighted by Gasteiger charge is -1.99. The van der Waals surface area contributed by atoms with Crippen molar-refractivity contribution in [1.82, 2.24) is 19.9 Å². The van der Waals surface area contributed by atoms with E-state index >= 15 is 0 Å². The van der Waals surface area contributed by atoms with E-state index in [1.165, 1.54) is 6.20 Å². The zero-order chi connectivity index (χ0) is 14.6. The predicted octanol–water partition coefficient (Wildman–Crippen LogP) is 1.37. The van der Waals surface area contributed by atoms with E-state index in [-0.39, 0.29) is 11.8 Å². The Bertz CT molecular complexity index is 920. The van der Waals surface area contributed by atoms with Crippen molar-refractivity contribution in [2.24, 2.45) is 0 Å². The summed E-state index contributed by atoms with van der Waals surface area (Å²) >= 11 is 0. The van der Waals surface area contributed by atoms with E-state index in [1.54, 1.807) is 6.20 Å². The first-order valence-electron chi connectivity index (χ1n) is 6.51. The highest BCUT2D eigenvalue weighted by molar-refractivity contribution is 6.05. The van der Waals surface area contributed by atoms with Crippen molar-refractivity contribution in [2.45, 2.75) is 12.8 Å². The molecular formula is C14H11N5O2. The van der Waals surface area contributed by atoms with E-state index in [9.17, 15) is 9.59 Å². The van der Waals surface area contributed by atoms with E-state index in [0.29, 0.717) is 11.4 Å². The number of aromatic amines is 2. The first-order chi connectivity index (χ1) is 10.1. The molecular weight excluding hydrogens is 270 g/mol. The molecule has 0 saturated carbocycles. The number of nitrogens with one attached hydrogen (secondary N) is 3. The molecule has 1 atom stereocenters. The summed E-state index contributed by atoms with van der Waals surface area (Å²) in [7, 11) is 0. The van der Waals surface area contributed by atoms with Gasteiger partial charge in [-0.05, 0) is 24.6 Å². The molecule has 3 aromatic rings. The third kappa shape index (κ3) is 1.74. The molecule has 3 heterocycles. The van der Waals surface area contributed by atoms with E-state index in [4.69, 9.17) is 0 Å². The van der Waals surface area contributed by atoms with Crippen LogP contribution in [0, 0.1) is 0 Å². The van der Waals surface area contributed by atoms with Crippen molar-refractivity contribution < 1.29 is 4.79 Å². The quantitative estimate of drug-likeness (QED) is 0.626. The van der Waals surface area contributed by atoms with Crippen LogP contribution in [0.25, 0.3) is 22.4 Å². The summed E-state index contributed by atoms with van der Waals surface area (Å²) in [6.07, 6.45) is 3.03. The van der Waals surface area contributed by atoms with E-state index in [2.05, 4.69) is 25.3 Å². The Kier molecular flexibility index (Phi) is 2.26. The lowest BCUT2D eigenvalue weighted by atomic mass is 10.0. The van der Waals surface area contributed by atoms with Crippen molar-refractivity contribution in [3.05, 3.63) is 40.6 Å². The summed E-state index contributed by atoms with van der Waals surface area (Å²) in [6, 6.07) is 3.79. The van der Waals surface area contributed by atoms with Crippen LogP contribution in [0.5, 0.6) is 0 Å². The zero-order valence-corrected chi connectivity index (χ0v) is 11.1. The van der Waals surface area contributed by atoms with Crippen LogP contribution in [0.2, 0.25) is 0 Å². The van der Waals surface area contributed by atoms with Crippen molar-refractivity contribution in [3.8, 4) is 11.4 Å². The third-order valence-corrected chi connectivity index (χ3v) is 3.72. The van der Waals surface area contributed by atoms with Gasteiger partial charge in [0.05, 0.1) is 22.5 Å². The maximum atomic E-state index is 11.7. The van der Waals surface area contributed by atoms with Gasteiger partial charge < -0.3 is 15.3 Å². The Hall–Kier alpha value is -2.96. The first kappa shape index (κ1) is 11.8. The highest BCUT2D eigenvalue weighted by Crippen LogP contribution is 2.35. The second-order valence-corrected chi connectivity index (χ2v) is 5.06. The molecule has 7 nitrogen and oxygen atoms in total. The maximum absolute atomic E-state index is 11.7. The molecule has 7 heteroatoms. The topological polar surface area (TPSA) is 104 Å². The molecule has 0 bridgehead atoms. The standard InChI is InChI=1S/C14H11N5O2/c1-6-8-2-10-11(3-9(8)19-13(6)20)18-12(17-10)7-4-15-14(21)16-5-7/h2-6H,1H3,(H,17,18)(H,19,20)(H,15,16,21). The number of hydrogen-bond donors (Lipinski definition) is 3. The third-order valence-electron chi connectivity index (χ3n) is 3.72. The summed E-state index contributed by atoms with van der Waals surface area (Å²) in [5.41, 5.74) is 3.66. The van der Waals surface area contributed by atoms with Crippen LogP contribution in [-0.2, 0) is 4.79 Å². The number of nitrogens with zero attached hydrogens (tertiary/aromatic N) is 2. The predicted molar refractivity (Wildman–Crippen MR) is 77.0 cm³/mol. The smallest absolute Gasteiger partial charge is 0.338 e. The Morgan fingerprint density at radius 2 is 2.10 bits per heavy atom. The van der Waals surface area contributed by atoms with Crippen molar-refractivity contribution >= 4 is 22.6 Å². The molecule has 3 N–H and O–H groups in total. The molecule has 1 aliphatic heterocycles. The number of imidazole rings is 1. The number of amides is 1. The number of benzene rings is 1. The number of H-pyrrole nitrogens is 2. The number of fused-ring (bicyclic) bond motifs is 2. The number of carbonyl (C=O) groups is 1.